The second kappa shape index (κ2) is 8.71. The first-order valence-electron chi connectivity index (χ1n) is 6.90. The van der Waals surface area contributed by atoms with Gasteiger partial charge in [-0.2, -0.15) is 0 Å². The van der Waals surface area contributed by atoms with Crippen LogP contribution in [0.3, 0.4) is 0 Å². The van der Waals surface area contributed by atoms with Crippen molar-refractivity contribution in [3.05, 3.63) is 28.2 Å². The maximum absolute atomic E-state index is 11.8. The Kier molecular flexibility index (Phi) is 7.27. The summed E-state index contributed by atoms with van der Waals surface area (Å²) >= 11 is 3.46. The van der Waals surface area contributed by atoms with Gasteiger partial charge in [-0.3, -0.25) is 4.79 Å². The van der Waals surface area contributed by atoms with Crippen LogP contribution >= 0.6 is 15.9 Å². The van der Waals surface area contributed by atoms with E-state index < -0.39 is 6.10 Å². The molecule has 0 spiro atoms. The lowest BCUT2D eigenvalue weighted by atomic mass is 10.0. The van der Waals surface area contributed by atoms with E-state index in [-0.39, 0.29) is 18.5 Å². The molecule has 21 heavy (non-hydrogen) atoms. The lowest BCUT2D eigenvalue weighted by Crippen LogP contribution is -2.36. The van der Waals surface area contributed by atoms with Crippen molar-refractivity contribution in [2.45, 2.75) is 38.8 Å². The number of nitrogens with two attached hydrogens (primary N) is 1. The summed E-state index contributed by atoms with van der Waals surface area (Å²) < 4.78 is 6.60. The first kappa shape index (κ1) is 17.5. The van der Waals surface area contributed by atoms with Crippen LogP contribution in [-0.4, -0.2) is 24.6 Å². The Hall–Kier alpha value is -1.51. The van der Waals surface area contributed by atoms with Crippen molar-refractivity contribution >= 4 is 21.8 Å². The number of rotatable bonds is 7. The lowest BCUT2D eigenvalue weighted by Gasteiger charge is -2.19. The molecular weight excluding hydrogens is 332 g/mol. The van der Waals surface area contributed by atoms with Crippen molar-refractivity contribution in [2.75, 3.05) is 6.54 Å². The quantitative estimate of drug-likeness (QED) is 0.739. The fourth-order valence-electron chi connectivity index (χ4n) is 1.79. The second-order valence-corrected chi connectivity index (χ2v) is 5.64. The van der Waals surface area contributed by atoms with Crippen LogP contribution in [0.25, 0.3) is 0 Å². The molecule has 0 saturated carbocycles. The summed E-state index contributed by atoms with van der Waals surface area (Å²) in [7, 11) is 0. The number of ether oxygens (including phenoxy) is 1. The number of hydrogen-bond donors (Lipinski definition) is 2. The van der Waals surface area contributed by atoms with Gasteiger partial charge in [-0.25, -0.2) is 0 Å². The van der Waals surface area contributed by atoms with Gasteiger partial charge in [0.2, 0.25) is 0 Å². The van der Waals surface area contributed by atoms with Crippen molar-refractivity contribution < 1.29 is 9.53 Å². The standard InChI is InChI=1S/C16H21BrN2O2/c1-4-9-19-16(20)11(3)21-15-12(10-13(18)5-2)7-6-8-14(15)17/h1,6-8,11,13H,5,9-10,18H2,2-3H3,(H,19,20). The molecular formula is C16H21BrN2O2. The Morgan fingerprint density at radius 3 is 2.90 bits per heavy atom. The normalized spacial score (nSPS) is 13.1. The highest BCUT2D eigenvalue weighted by atomic mass is 79.9. The number of benzene rings is 1. The third-order valence-electron chi connectivity index (χ3n) is 3.08. The van der Waals surface area contributed by atoms with Gasteiger partial charge in [-0.1, -0.05) is 25.0 Å². The average molecular weight is 353 g/mol. The summed E-state index contributed by atoms with van der Waals surface area (Å²) in [6.07, 6.45) is 6.07. The number of para-hydroxylation sites is 1. The fraction of sp³-hybridized carbons (Fsp3) is 0.438. The Bertz CT molecular complexity index is 525. The van der Waals surface area contributed by atoms with Gasteiger partial charge in [-0.15, -0.1) is 6.42 Å². The smallest absolute Gasteiger partial charge is 0.261 e. The monoisotopic (exact) mass is 352 g/mol. The lowest BCUT2D eigenvalue weighted by molar-refractivity contribution is -0.127. The summed E-state index contributed by atoms with van der Waals surface area (Å²) in [6.45, 7) is 3.92. The van der Waals surface area contributed by atoms with Crippen LogP contribution in [0.2, 0.25) is 0 Å². The summed E-state index contributed by atoms with van der Waals surface area (Å²) in [5.74, 6) is 2.78. The van der Waals surface area contributed by atoms with Gasteiger partial charge in [0.05, 0.1) is 11.0 Å². The molecule has 0 aliphatic heterocycles. The van der Waals surface area contributed by atoms with Crippen LogP contribution < -0.4 is 15.8 Å². The zero-order valence-corrected chi connectivity index (χ0v) is 13.9. The predicted molar refractivity (Wildman–Crippen MR) is 88.0 cm³/mol. The third kappa shape index (κ3) is 5.41. The van der Waals surface area contributed by atoms with Gasteiger partial charge in [0.25, 0.3) is 5.91 Å². The van der Waals surface area contributed by atoms with Crippen LogP contribution in [-0.2, 0) is 11.2 Å². The van der Waals surface area contributed by atoms with E-state index in [4.69, 9.17) is 16.9 Å². The first-order valence-corrected chi connectivity index (χ1v) is 7.69. The fourth-order valence-corrected chi connectivity index (χ4v) is 2.29. The molecule has 0 aromatic heterocycles. The number of halogens is 1. The zero-order chi connectivity index (χ0) is 15.8. The van der Waals surface area contributed by atoms with Gasteiger partial charge in [0.15, 0.2) is 6.10 Å². The molecule has 0 aliphatic rings. The van der Waals surface area contributed by atoms with Crippen LogP contribution in [0.5, 0.6) is 5.75 Å². The van der Waals surface area contributed by atoms with Crippen molar-refractivity contribution in [3.8, 4) is 18.1 Å². The number of carbonyl (C=O) groups excluding carboxylic acids is 1. The average Bonchev–Trinajstić information content (AvgIpc) is 2.47. The number of carbonyl (C=O) groups is 1. The first-order chi connectivity index (χ1) is 9.99. The van der Waals surface area contributed by atoms with Crippen LogP contribution in [0, 0.1) is 12.3 Å². The maximum atomic E-state index is 11.8. The minimum Gasteiger partial charge on any atom is -0.479 e. The predicted octanol–water partition coefficient (Wildman–Crippen LogP) is 2.25. The molecule has 5 heteroatoms. The molecule has 0 heterocycles. The Morgan fingerprint density at radius 2 is 2.29 bits per heavy atom. The highest BCUT2D eigenvalue weighted by Gasteiger charge is 2.18. The van der Waals surface area contributed by atoms with E-state index in [9.17, 15) is 4.79 Å². The summed E-state index contributed by atoms with van der Waals surface area (Å²) in [6, 6.07) is 5.83. The van der Waals surface area contributed by atoms with E-state index >= 15 is 0 Å². The Balaban J connectivity index is 2.86. The van der Waals surface area contributed by atoms with Crippen molar-refractivity contribution in [3.63, 3.8) is 0 Å². The summed E-state index contributed by atoms with van der Waals surface area (Å²) in [5.41, 5.74) is 6.99. The molecule has 0 aliphatic carbocycles. The van der Waals surface area contributed by atoms with E-state index in [1.165, 1.54) is 0 Å². The molecule has 1 aromatic carbocycles. The molecule has 2 atom stereocenters. The topological polar surface area (TPSA) is 64.3 Å². The van der Waals surface area contributed by atoms with E-state index in [0.717, 1.165) is 16.5 Å². The molecule has 1 amide bonds. The minimum absolute atomic E-state index is 0.0622. The van der Waals surface area contributed by atoms with Crippen LogP contribution in [0.15, 0.2) is 22.7 Å². The summed E-state index contributed by atoms with van der Waals surface area (Å²) in [5, 5.41) is 2.60. The second-order valence-electron chi connectivity index (χ2n) is 4.78. The number of terminal acetylenes is 1. The van der Waals surface area contributed by atoms with E-state index in [1.807, 2.05) is 25.1 Å². The van der Waals surface area contributed by atoms with Crippen LogP contribution in [0.1, 0.15) is 25.8 Å². The van der Waals surface area contributed by atoms with Gasteiger partial charge in [0.1, 0.15) is 5.75 Å². The molecule has 3 N–H and O–H groups in total. The molecule has 2 unspecified atom stereocenters. The van der Waals surface area contributed by atoms with E-state index in [0.29, 0.717) is 12.2 Å². The zero-order valence-electron chi connectivity index (χ0n) is 12.4. The molecule has 114 valence electrons. The van der Waals surface area contributed by atoms with Gasteiger partial charge >= 0.3 is 0 Å². The molecule has 1 rings (SSSR count). The molecule has 4 nitrogen and oxygen atoms in total. The summed E-state index contributed by atoms with van der Waals surface area (Å²) in [4.78, 5) is 11.8. The molecule has 0 saturated heterocycles. The molecule has 0 fully saturated rings. The molecule has 0 bridgehead atoms. The SMILES string of the molecule is C#CCNC(=O)C(C)Oc1c(Br)cccc1CC(N)CC. The highest BCUT2D eigenvalue weighted by Crippen LogP contribution is 2.31. The van der Waals surface area contributed by atoms with Crippen molar-refractivity contribution in [1.82, 2.24) is 5.32 Å². The Labute approximate surface area is 134 Å². The van der Waals surface area contributed by atoms with Gasteiger partial charge in [-0.05, 0) is 47.3 Å². The van der Waals surface area contributed by atoms with Crippen LogP contribution in [0.4, 0.5) is 0 Å². The largest absolute Gasteiger partial charge is 0.479 e. The molecule has 1 aromatic rings. The van der Waals surface area contributed by atoms with Crippen molar-refractivity contribution in [1.29, 1.82) is 0 Å². The Morgan fingerprint density at radius 1 is 1.57 bits per heavy atom. The maximum Gasteiger partial charge on any atom is 0.261 e. The van der Waals surface area contributed by atoms with Gasteiger partial charge in [0, 0.05) is 6.04 Å². The van der Waals surface area contributed by atoms with E-state index in [1.54, 1.807) is 6.92 Å². The molecule has 0 radical (unpaired) electrons. The number of amides is 1. The third-order valence-corrected chi connectivity index (χ3v) is 3.71. The number of hydrogen-bond acceptors (Lipinski definition) is 3. The van der Waals surface area contributed by atoms with Gasteiger partial charge < -0.3 is 15.8 Å². The number of nitrogens with one attached hydrogen (secondary N) is 1. The highest BCUT2D eigenvalue weighted by molar-refractivity contribution is 9.10. The minimum atomic E-state index is -0.631. The van der Waals surface area contributed by atoms with E-state index in [2.05, 4.69) is 27.2 Å². The van der Waals surface area contributed by atoms with Crippen molar-refractivity contribution in [2.24, 2.45) is 5.73 Å².